The van der Waals surface area contributed by atoms with Crippen molar-refractivity contribution in [3.8, 4) is 0 Å². The van der Waals surface area contributed by atoms with Crippen LogP contribution in [0, 0.1) is 0 Å². The normalized spacial score (nSPS) is 13.4. The van der Waals surface area contributed by atoms with Gasteiger partial charge in [-0.1, -0.05) is 36.4 Å². The van der Waals surface area contributed by atoms with Gasteiger partial charge in [-0.3, -0.25) is 9.59 Å². The summed E-state index contributed by atoms with van der Waals surface area (Å²) in [4.78, 5) is 35.5. The number of ether oxygens (including phenoxy) is 1. The highest BCUT2D eigenvalue weighted by Gasteiger charge is 2.26. The second kappa shape index (κ2) is 5.41. The highest BCUT2D eigenvalue weighted by atomic mass is 16.5. The van der Waals surface area contributed by atoms with Crippen LogP contribution in [-0.2, 0) is 9.53 Å². The van der Waals surface area contributed by atoms with E-state index in [1.807, 2.05) is 0 Å². The van der Waals surface area contributed by atoms with Gasteiger partial charge in [-0.05, 0) is 34.9 Å². The van der Waals surface area contributed by atoms with Crippen LogP contribution in [0.15, 0.2) is 54.6 Å². The Labute approximate surface area is 127 Å². The smallest absolute Gasteiger partial charge is 0.337 e. The van der Waals surface area contributed by atoms with Crippen molar-refractivity contribution >= 4 is 23.1 Å². The number of fused-ring (bicyclic) bond motifs is 1. The lowest BCUT2D eigenvalue weighted by atomic mass is 9.85. The van der Waals surface area contributed by atoms with E-state index in [-0.39, 0.29) is 0 Å². The number of carbonyl (C=O) groups excluding carboxylic acids is 3. The Morgan fingerprint density at radius 3 is 2.41 bits per heavy atom. The molecule has 0 heterocycles. The number of benzene rings is 2. The van der Waals surface area contributed by atoms with Crippen LogP contribution in [0.5, 0.6) is 0 Å². The number of hydrogen-bond donors (Lipinski definition) is 0. The summed E-state index contributed by atoms with van der Waals surface area (Å²) in [6.45, 7) is 0. The van der Waals surface area contributed by atoms with E-state index in [2.05, 4.69) is 0 Å². The van der Waals surface area contributed by atoms with E-state index in [1.165, 1.54) is 13.2 Å². The van der Waals surface area contributed by atoms with E-state index in [0.29, 0.717) is 27.8 Å². The van der Waals surface area contributed by atoms with Gasteiger partial charge in [0.2, 0.25) is 11.6 Å². The summed E-state index contributed by atoms with van der Waals surface area (Å²) in [6, 6.07) is 13.7. The first-order valence-corrected chi connectivity index (χ1v) is 6.70. The van der Waals surface area contributed by atoms with Crippen molar-refractivity contribution in [2.75, 3.05) is 7.11 Å². The molecule has 1 aliphatic carbocycles. The van der Waals surface area contributed by atoms with Crippen molar-refractivity contribution in [3.05, 3.63) is 76.9 Å². The van der Waals surface area contributed by atoms with Gasteiger partial charge in [0.1, 0.15) is 0 Å². The third kappa shape index (κ3) is 2.24. The summed E-state index contributed by atoms with van der Waals surface area (Å²) >= 11 is 0. The molecule has 3 rings (SSSR count). The molecule has 108 valence electrons. The molecule has 0 unspecified atom stereocenters. The van der Waals surface area contributed by atoms with E-state index < -0.39 is 17.5 Å². The standard InChI is InChI=1S/C18H12O4/c1-22-18(21)12-6-4-5-11(9-12)15-10-16(19)17(20)14-8-3-2-7-13(14)15/h2-10H,1H3. The maximum absolute atomic E-state index is 11.9. The summed E-state index contributed by atoms with van der Waals surface area (Å²) in [7, 11) is 1.31. The van der Waals surface area contributed by atoms with Crippen LogP contribution in [0.4, 0.5) is 0 Å². The minimum Gasteiger partial charge on any atom is -0.465 e. The minimum atomic E-state index is -0.558. The summed E-state index contributed by atoms with van der Waals surface area (Å²) in [6.07, 6.45) is 1.32. The third-order valence-electron chi connectivity index (χ3n) is 3.56. The molecule has 4 nitrogen and oxygen atoms in total. The molecule has 0 spiro atoms. The zero-order valence-electron chi connectivity index (χ0n) is 11.8. The molecule has 0 atom stereocenters. The topological polar surface area (TPSA) is 60.4 Å². The van der Waals surface area contributed by atoms with Crippen molar-refractivity contribution in [3.63, 3.8) is 0 Å². The van der Waals surface area contributed by atoms with Crippen LogP contribution in [-0.4, -0.2) is 24.6 Å². The Morgan fingerprint density at radius 1 is 0.955 bits per heavy atom. The van der Waals surface area contributed by atoms with Crippen LogP contribution in [0.3, 0.4) is 0 Å². The highest BCUT2D eigenvalue weighted by molar-refractivity contribution is 6.51. The molecule has 0 N–H and O–H groups in total. The fourth-order valence-electron chi connectivity index (χ4n) is 2.49. The molecule has 2 aromatic rings. The number of esters is 1. The average Bonchev–Trinajstić information content (AvgIpc) is 2.57. The van der Waals surface area contributed by atoms with Crippen molar-refractivity contribution in [2.45, 2.75) is 0 Å². The Hall–Kier alpha value is -3.01. The van der Waals surface area contributed by atoms with Gasteiger partial charge in [0.25, 0.3) is 0 Å². The van der Waals surface area contributed by atoms with Crippen molar-refractivity contribution in [2.24, 2.45) is 0 Å². The zero-order valence-corrected chi connectivity index (χ0v) is 11.8. The minimum absolute atomic E-state index is 0.383. The van der Waals surface area contributed by atoms with E-state index >= 15 is 0 Å². The number of carbonyl (C=O) groups is 3. The van der Waals surface area contributed by atoms with Crippen LogP contribution in [0.1, 0.15) is 31.8 Å². The largest absolute Gasteiger partial charge is 0.465 e. The molecule has 0 fully saturated rings. The Morgan fingerprint density at radius 2 is 1.68 bits per heavy atom. The van der Waals surface area contributed by atoms with Gasteiger partial charge in [0.15, 0.2) is 0 Å². The quantitative estimate of drug-likeness (QED) is 0.630. The van der Waals surface area contributed by atoms with Crippen LogP contribution >= 0.6 is 0 Å². The molecular weight excluding hydrogens is 280 g/mol. The molecule has 0 bridgehead atoms. The number of hydrogen-bond acceptors (Lipinski definition) is 4. The van der Waals surface area contributed by atoms with Crippen LogP contribution < -0.4 is 0 Å². The zero-order chi connectivity index (χ0) is 15.7. The lowest BCUT2D eigenvalue weighted by Gasteiger charge is -2.16. The first kappa shape index (κ1) is 13.9. The molecule has 0 radical (unpaired) electrons. The summed E-state index contributed by atoms with van der Waals surface area (Å²) < 4.78 is 4.71. The maximum Gasteiger partial charge on any atom is 0.337 e. The first-order chi connectivity index (χ1) is 10.6. The highest BCUT2D eigenvalue weighted by Crippen LogP contribution is 2.30. The second-order valence-corrected chi connectivity index (χ2v) is 4.87. The molecule has 0 aliphatic heterocycles. The van der Waals surface area contributed by atoms with Gasteiger partial charge >= 0.3 is 5.97 Å². The fourth-order valence-corrected chi connectivity index (χ4v) is 2.49. The van der Waals surface area contributed by atoms with Crippen LogP contribution in [0.2, 0.25) is 0 Å². The summed E-state index contributed by atoms with van der Waals surface area (Å²) in [5.41, 5.74) is 2.78. The molecule has 0 amide bonds. The number of allylic oxidation sites excluding steroid dienone is 1. The molecule has 0 aromatic heterocycles. The van der Waals surface area contributed by atoms with Gasteiger partial charge in [-0.25, -0.2) is 4.79 Å². The predicted octanol–water partition coefficient (Wildman–Crippen LogP) is 2.67. The molecule has 2 aromatic carbocycles. The number of Topliss-reactive ketones (excluding diaryl/α,β-unsaturated/α-hetero) is 1. The van der Waals surface area contributed by atoms with Gasteiger partial charge < -0.3 is 4.74 Å². The SMILES string of the molecule is COC(=O)c1cccc(C2=CC(=O)C(=O)c3ccccc32)c1. The van der Waals surface area contributed by atoms with E-state index in [4.69, 9.17) is 4.74 Å². The summed E-state index contributed by atoms with van der Waals surface area (Å²) in [5.74, 6) is -1.52. The average molecular weight is 292 g/mol. The van der Waals surface area contributed by atoms with E-state index in [9.17, 15) is 14.4 Å². The lowest BCUT2D eigenvalue weighted by molar-refractivity contribution is -0.111. The predicted molar refractivity (Wildman–Crippen MR) is 80.6 cm³/mol. The number of methoxy groups -OCH3 is 1. The third-order valence-corrected chi connectivity index (χ3v) is 3.56. The maximum atomic E-state index is 11.9. The monoisotopic (exact) mass is 292 g/mol. The van der Waals surface area contributed by atoms with Gasteiger partial charge in [-0.15, -0.1) is 0 Å². The molecule has 1 aliphatic rings. The van der Waals surface area contributed by atoms with Gasteiger partial charge in [0, 0.05) is 5.56 Å². The number of ketones is 2. The second-order valence-electron chi connectivity index (χ2n) is 4.87. The summed E-state index contributed by atoms with van der Waals surface area (Å²) in [5, 5.41) is 0. The lowest BCUT2D eigenvalue weighted by Crippen LogP contribution is -2.19. The van der Waals surface area contributed by atoms with Crippen molar-refractivity contribution in [1.29, 1.82) is 0 Å². The van der Waals surface area contributed by atoms with Gasteiger partial charge in [-0.2, -0.15) is 0 Å². The first-order valence-electron chi connectivity index (χ1n) is 6.70. The van der Waals surface area contributed by atoms with Crippen molar-refractivity contribution in [1.82, 2.24) is 0 Å². The van der Waals surface area contributed by atoms with E-state index in [0.717, 1.165) is 0 Å². The Bertz CT molecular complexity index is 830. The molecule has 0 saturated heterocycles. The Kier molecular flexibility index (Phi) is 3.43. The Balaban J connectivity index is 2.16. The molecule has 4 heteroatoms. The molecule has 22 heavy (non-hydrogen) atoms. The molecule has 0 saturated carbocycles. The van der Waals surface area contributed by atoms with Gasteiger partial charge in [0.05, 0.1) is 12.7 Å². The van der Waals surface area contributed by atoms with Crippen molar-refractivity contribution < 1.29 is 19.1 Å². The van der Waals surface area contributed by atoms with Crippen LogP contribution in [0.25, 0.3) is 5.57 Å². The van der Waals surface area contributed by atoms with E-state index in [1.54, 1.807) is 48.5 Å². The molecular formula is C18H12O4. The fraction of sp³-hybridized carbons (Fsp3) is 0.0556. The number of rotatable bonds is 2.